The van der Waals surface area contributed by atoms with Gasteiger partial charge >= 0.3 is 0 Å². The Balaban J connectivity index is 1.75. The van der Waals surface area contributed by atoms with E-state index in [-0.39, 0.29) is 40.6 Å². The van der Waals surface area contributed by atoms with Gasteiger partial charge in [0, 0.05) is 6.42 Å². The number of ketones is 1. The zero-order chi connectivity index (χ0) is 16.6. The van der Waals surface area contributed by atoms with E-state index >= 15 is 0 Å². The van der Waals surface area contributed by atoms with Crippen LogP contribution in [0.5, 0.6) is 0 Å². The van der Waals surface area contributed by atoms with Gasteiger partial charge in [-0.25, -0.2) is 0 Å². The highest BCUT2D eigenvalue weighted by atomic mass is 16.3. The van der Waals surface area contributed by atoms with Crippen LogP contribution in [0.2, 0.25) is 0 Å². The highest BCUT2D eigenvalue weighted by molar-refractivity contribution is 5.87. The Morgan fingerprint density at radius 2 is 1.87 bits per heavy atom. The normalized spacial score (nSPS) is 55.7. The third kappa shape index (κ3) is 1.98. The minimum Gasteiger partial charge on any atom is -0.393 e. The minimum absolute atomic E-state index is 0.0696. The van der Waals surface area contributed by atoms with Gasteiger partial charge in [-0.3, -0.25) is 4.79 Å². The Kier molecular flexibility index (Phi) is 3.37. The summed E-state index contributed by atoms with van der Waals surface area (Å²) in [7, 11) is 0. The standard InChI is InChI=1S/C19H29NO3/c1-18-5-3-11(21)7-10(18)8-14(22)16-12(18)4-6-19(2)13(16)9-15(23)17(19)20/h8,11-14,16-17,21-22H,3-7,9,20H2,1-2H3/t11-,12+,13-,14+,16-,17+,18+,19+/m1/s1. The van der Waals surface area contributed by atoms with Gasteiger partial charge < -0.3 is 15.9 Å². The highest BCUT2D eigenvalue weighted by Gasteiger charge is 2.62. The number of carbonyl (C=O) groups excluding carboxylic acids is 1. The molecule has 0 amide bonds. The summed E-state index contributed by atoms with van der Waals surface area (Å²) in [4.78, 5) is 12.3. The molecular formula is C19H29NO3. The molecule has 0 aromatic carbocycles. The number of rotatable bonds is 0. The quantitative estimate of drug-likeness (QED) is 0.594. The summed E-state index contributed by atoms with van der Waals surface area (Å²) >= 11 is 0. The number of nitrogens with two attached hydrogens (primary N) is 1. The van der Waals surface area contributed by atoms with E-state index in [2.05, 4.69) is 13.8 Å². The highest BCUT2D eigenvalue weighted by Crippen LogP contribution is 2.63. The molecule has 0 aliphatic heterocycles. The molecule has 4 heteroatoms. The summed E-state index contributed by atoms with van der Waals surface area (Å²) in [6.07, 6.45) is 6.27. The van der Waals surface area contributed by atoms with Crippen molar-refractivity contribution in [2.24, 2.45) is 34.3 Å². The first-order chi connectivity index (χ1) is 10.8. The van der Waals surface area contributed by atoms with Gasteiger partial charge in [0.1, 0.15) is 5.78 Å². The molecule has 4 aliphatic rings. The van der Waals surface area contributed by atoms with Crippen molar-refractivity contribution in [2.45, 2.75) is 70.6 Å². The van der Waals surface area contributed by atoms with Gasteiger partial charge in [0.25, 0.3) is 0 Å². The Hall–Kier alpha value is -0.710. The van der Waals surface area contributed by atoms with Crippen LogP contribution in [0.1, 0.15) is 52.4 Å². The van der Waals surface area contributed by atoms with Crippen molar-refractivity contribution in [3.63, 3.8) is 0 Å². The molecular weight excluding hydrogens is 290 g/mol. The average Bonchev–Trinajstić information content (AvgIpc) is 2.73. The fourth-order valence-electron chi connectivity index (χ4n) is 6.47. The van der Waals surface area contributed by atoms with Gasteiger partial charge in [-0.1, -0.05) is 25.5 Å². The maximum atomic E-state index is 12.3. The summed E-state index contributed by atoms with van der Waals surface area (Å²) in [6, 6.07) is -0.369. The second kappa shape index (κ2) is 4.90. The molecule has 0 aromatic heterocycles. The van der Waals surface area contributed by atoms with Gasteiger partial charge in [0.2, 0.25) is 0 Å². The molecule has 4 aliphatic carbocycles. The van der Waals surface area contributed by atoms with E-state index in [0.29, 0.717) is 18.8 Å². The van der Waals surface area contributed by atoms with Crippen LogP contribution in [0.4, 0.5) is 0 Å². The first kappa shape index (κ1) is 15.8. The average molecular weight is 319 g/mol. The summed E-state index contributed by atoms with van der Waals surface area (Å²) in [5.74, 6) is 0.904. The SMILES string of the molecule is C[C@]12CC[C@H]3[C@H]([C@H]1CC(=O)[C@@H]2N)[C@@H](O)C=C1C[C@H](O)CC[C@@]13C. The Labute approximate surface area is 138 Å². The first-order valence-electron chi connectivity index (χ1n) is 9.13. The minimum atomic E-state index is -0.504. The molecule has 0 aromatic rings. The lowest BCUT2D eigenvalue weighted by Crippen LogP contribution is -2.56. The second-order valence-electron chi connectivity index (χ2n) is 8.98. The third-order valence-electron chi connectivity index (χ3n) is 8.02. The summed E-state index contributed by atoms with van der Waals surface area (Å²) in [5.41, 5.74) is 7.39. The van der Waals surface area contributed by atoms with Crippen molar-refractivity contribution in [1.82, 2.24) is 0 Å². The zero-order valence-corrected chi connectivity index (χ0v) is 14.2. The summed E-state index contributed by atoms with van der Waals surface area (Å²) < 4.78 is 0. The van der Waals surface area contributed by atoms with E-state index in [1.54, 1.807) is 0 Å². The van der Waals surface area contributed by atoms with E-state index < -0.39 is 6.10 Å². The molecule has 0 saturated heterocycles. The Bertz CT molecular complexity index is 573. The Morgan fingerprint density at radius 3 is 2.61 bits per heavy atom. The molecule has 0 unspecified atom stereocenters. The zero-order valence-electron chi connectivity index (χ0n) is 14.2. The van der Waals surface area contributed by atoms with Gasteiger partial charge in [0.05, 0.1) is 18.2 Å². The predicted molar refractivity (Wildman–Crippen MR) is 87.5 cm³/mol. The van der Waals surface area contributed by atoms with Crippen molar-refractivity contribution < 1.29 is 15.0 Å². The number of carbonyl (C=O) groups is 1. The first-order valence-corrected chi connectivity index (χ1v) is 9.13. The van der Waals surface area contributed by atoms with Crippen LogP contribution < -0.4 is 5.73 Å². The third-order valence-corrected chi connectivity index (χ3v) is 8.02. The van der Waals surface area contributed by atoms with E-state index in [1.165, 1.54) is 5.57 Å². The fraction of sp³-hybridized carbons (Fsp3) is 0.842. The maximum absolute atomic E-state index is 12.3. The number of hydrogen-bond donors (Lipinski definition) is 3. The molecule has 4 nitrogen and oxygen atoms in total. The topological polar surface area (TPSA) is 83.6 Å². The number of Topliss-reactive ketones (excluding diaryl/α,β-unsaturated/α-hetero) is 1. The van der Waals surface area contributed by atoms with Crippen LogP contribution in [0.25, 0.3) is 0 Å². The van der Waals surface area contributed by atoms with Crippen LogP contribution in [0.15, 0.2) is 11.6 Å². The second-order valence-corrected chi connectivity index (χ2v) is 8.98. The van der Waals surface area contributed by atoms with Crippen LogP contribution in [-0.2, 0) is 4.79 Å². The predicted octanol–water partition coefficient (Wildman–Crippen LogP) is 1.79. The van der Waals surface area contributed by atoms with Gasteiger partial charge in [-0.05, 0) is 60.7 Å². The van der Waals surface area contributed by atoms with E-state index in [0.717, 1.165) is 25.7 Å². The molecule has 128 valence electrons. The molecule has 4 N–H and O–H groups in total. The van der Waals surface area contributed by atoms with Crippen molar-refractivity contribution >= 4 is 5.78 Å². The lowest BCUT2D eigenvalue weighted by Gasteiger charge is -2.58. The summed E-state index contributed by atoms with van der Waals surface area (Å²) in [6.45, 7) is 4.47. The van der Waals surface area contributed by atoms with Crippen LogP contribution >= 0.6 is 0 Å². The van der Waals surface area contributed by atoms with Gasteiger partial charge in [-0.2, -0.15) is 0 Å². The Morgan fingerprint density at radius 1 is 1.13 bits per heavy atom. The molecule has 0 bridgehead atoms. The lowest BCUT2D eigenvalue weighted by atomic mass is 9.47. The molecule has 3 saturated carbocycles. The van der Waals surface area contributed by atoms with Crippen LogP contribution in [0, 0.1) is 28.6 Å². The monoisotopic (exact) mass is 319 g/mol. The molecule has 23 heavy (non-hydrogen) atoms. The van der Waals surface area contributed by atoms with Crippen molar-refractivity contribution in [3.05, 3.63) is 11.6 Å². The molecule has 8 atom stereocenters. The van der Waals surface area contributed by atoms with Crippen LogP contribution in [-0.4, -0.2) is 34.2 Å². The molecule has 0 radical (unpaired) electrons. The van der Waals surface area contributed by atoms with Crippen LogP contribution in [0.3, 0.4) is 0 Å². The largest absolute Gasteiger partial charge is 0.393 e. The van der Waals surface area contributed by atoms with Crippen molar-refractivity contribution in [2.75, 3.05) is 0 Å². The molecule has 0 spiro atoms. The number of aliphatic hydroxyl groups excluding tert-OH is 2. The number of hydrogen-bond acceptors (Lipinski definition) is 4. The molecule has 3 fully saturated rings. The molecule has 0 heterocycles. The maximum Gasteiger partial charge on any atom is 0.150 e. The lowest BCUT2D eigenvalue weighted by molar-refractivity contribution is -0.119. The smallest absolute Gasteiger partial charge is 0.150 e. The van der Waals surface area contributed by atoms with E-state index in [9.17, 15) is 15.0 Å². The fourth-order valence-corrected chi connectivity index (χ4v) is 6.47. The number of fused-ring (bicyclic) bond motifs is 5. The van der Waals surface area contributed by atoms with Crippen molar-refractivity contribution in [1.29, 1.82) is 0 Å². The van der Waals surface area contributed by atoms with Crippen molar-refractivity contribution in [3.8, 4) is 0 Å². The summed E-state index contributed by atoms with van der Waals surface area (Å²) in [5, 5.41) is 20.9. The van der Waals surface area contributed by atoms with E-state index in [4.69, 9.17) is 5.73 Å². The van der Waals surface area contributed by atoms with Gasteiger partial charge in [0.15, 0.2) is 0 Å². The van der Waals surface area contributed by atoms with Gasteiger partial charge in [-0.15, -0.1) is 0 Å². The van der Waals surface area contributed by atoms with E-state index in [1.807, 2.05) is 6.08 Å². The number of aliphatic hydroxyl groups is 2. The molecule has 4 rings (SSSR count).